The molecule has 3 rings (SSSR count). The molecule has 1 aromatic carbocycles. The molecule has 0 bridgehead atoms. The van der Waals surface area contributed by atoms with E-state index in [1.807, 2.05) is 0 Å². The van der Waals surface area contributed by atoms with Crippen LogP contribution in [0.1, 0.15) is 12.8 Å². The van der Waals surface area contributed by atoms with Crippen molar-refractivity contribution < 1.29 is 19.0 Å². The van der Waals surface area contributed by atoms with Crippen molar-refractivity contribution in [1.29, 1.82) is 0 Å². The molecule has 0 aliphatic carbocycles. The second-order valence-electron chi connectivity index (χ2n) is 5.62. The summed E-state index contributed by atoms with van der Waals surface area (Å²) in [6.45, 7) is 3.55. The molecule has 2 aliphatic heterocycles. The van der Waals surface area contributed by atoms with Gasteiger partial charge in [0.1, 0.15) is 12.4 Å². The summed E-state index contributed by atoms with van der Waals surface area (Å²) in [7, 11) is 0. The molecule has 6 nitrogen and oxygen atoms in total. The SMILES string of the molecule is O=C(Nc1cc(Cl)ccc1OCC1CCCO1)N1CCOCC1. The minimum atomic E-state index is -0.169. The molecule has 2 saturated heterocycles. The van der Waals surface area contributed by atoms with Gasteiger partial charge < -0.3 is 24.4 Å². The summed E-state index contributed by atoms with van der Waals surface area (Å²) in [6, 6.07) is 5.05. The van der Waals surface area contributed by atoms with Crippen molar-refractivity contribution in [3.8, 4) is 5.75 Å². The number of nitrogens with one attached hydrogen (secondary N) is 1. The van der Waals surface area contributed by atoms with E-state index in [0.717, 1.165) is 19.4 Å². The topological polar surface area (TPSA) is 60.0 Å². The minimum Gasteiger partial charge on any atom is -0.489 e. The maximum absolute atomic E-state index is 12.3. The molecule has 1 N–H and O–H groups in total. The van der Waals surface area contributed by atoms with E-state index in [1.54, 1.807) is 23.1 Å². The number of nitrogens with zero attached hydrogens (tertiary/aromatic N) is 1. The lowest BCUT2D eigenvalue weighted by atomic mass is 10.2. The van der Waals surface area contributed by atoms with Crippen LogP contribution < -0.4 is 10.1 Å². The number of urea groups is 1. The molecule has 2 amide bonds. The summed E-state index contributed by atoms with van der Waals surface area (Å²) in [5, 5.41) is 3.43. The second-order valence-corrected chi connectivity index (χ2v) is 6.05. The van der Waals surface area contributed by atoms with Crippen LogP contribution in [-0.2, 0) is 9.47 Å². The summed E-state index contributed by atoms with van der Waals surface area (Å²) in [6.07, 6.45) is 2.19. The highest BCUT2D eigenvalue weighted by atomic mass is 35.5. The van der Waals surface area contributed by atoms with Crippen molar-refractivity contribution in [3.63, 3.8) is 0 Å². The first-order chi connectivity index (χ1) is 11.2. The summed E-state index contributed by atoms with van der Waals surface area (Å²) >= 11 is 6.05. The van der Waals surface area contributed by atoms with E-state index in [4.69, 9.17) is 25.8 Å². The van der Waals surface area contributed by atoms with Crippen molar-refractivity contribution in [1.82, 2.24) is 4.90 Å². The molecule has 0 spiro atoms. The van der Waals surface area contributed by atoms with Gasteiger partial charge in [0, 0.05) is 24.7 Å². The van der Waals surface area contributed by atoms with Gasteiger partial charge >= 0.3 is 6.03 Å². The number of benzene rings is 1. The molecule has 2 fully saturated rings. The van der Waals surface area contributed by atoms with Gasteiger partial charge in [0.05, 0.1) is 25.0 Å². The molecule has 0 saturated carbocycles. The molecule has 2 aliphatic rings. The van der Waals surface area contributed by atoms with Crippen LogP contribution in [0.25, 0.3) is 0 Å². The van der Waals surface area contributed by atoms with Crippen LogP contribution in [0.3, 0.4) is 0 Å². The zero-order chi connectivity index (χ0) is 16.1. The number of carbonyl (C=O) groups excluding carboxylic acids is 1. The van der Waals surface area contributed by atoms with Gasteiger partial charge in [-0.25, -0.2) is 4.79 Å². The van der Waals surface area contributed by atoms with Crippen molar-refractivity contribution >= 4 is 23.3 Å². The van der Waals surface area contributed by atoms with Gasteiger partial charge in [-0.05, 0) is 31.0 Å². The Bertz CT molecular complexity index is 543. The number of halogens is 1. The molecule has 1 unspecified atom stereocenters. The molecule has 23 heavy (non-hydrogen) atoms. The van der Waals surface area contributed by atoms with Gasteiger partial charge in [-0.15, -0.1) is 0 Å². The van der Waals surface area contributed by atoms with Crippen LogP contribution in [0.2, 0.25) is 5.02 Å². The number of rotatable bonds is 4. The number of carbonyl (C=O) groups is 1. The molecular weight excluding hydrogens is 320 g/mol. The molecule has 126 valence electrons. The van der Waals surface area contributed by atoms with Crippen LogP contribution >= 0.6 is 11.6 Å². The quantitative estimate of drug-likeness (QED) is 0.915. The first kappa shape index (κ1) is 16.4. The summed E-state index contributed by atoms with van der Waals surface area (Å²) < 4.78 is 16.6. The highest BCUT2D eigenvalue weighted by Gasteiger charge is 2.20. The molecule has 0 radical (unpaired) electrons. The molecule has 2 heterocycles. The van der Waals surface area contributed by atoms with E-state index in [-0.39, 0.29) is 12.1 Å². The lowest BCUT2D eigenvalue weighted by molar-refractivity contribution is 0.0564. The standard InChI is InChI=1S/C16H21ClN2O4/c17-12-3-4-15(23-11-13-2-1-7-22-13)14(10-12)18-16(20)19-5-8-21-9-6-19/h3-4,10,13H,1-2,5-9,11H2,(H,18,20). The smallest absolute Gasteiger partial charge is 0.322 e. The van der Waals surface area contributed by atoms with Crippen LogP contribution in [0.5, 0.6) is 5.75 Å². The van der Waals surface area contributed by atoms with E-state index >= 15 is 0 Å². The third-order valence-electron chi connectivity index (χ3n) is 3.93. The minimum absolute atomic E-state index is 0.119. The highest BCUT2D eigenvalue weighted by molar-refractivity contribution is 6.31. The number of hydrogen-bond acceptors (Lipinski definition) is 4. The van der Waals surface area contributed by atoms with Gasteiger partial charge in [0.25, 0.3) is 0 Å². The lowest BCUT2D eigenvalue weighted by Crippen LogP contribution is -2.43. The van der Waals surface area contributed by atoms with E-state index in [1.165, 1.54) is 0 Å². The molecule has 1 atom stereocenters. The van der Waals surface area contributed by atoms with Crippen molar-refractivity contribution in [2.24, 2.45) is 0 Å². The van der Waals surface area contributed by atoms with Crippen molar-refractivity contribution in [2.45, 2.75) is 18.9 Å². The Morgan fingerprint density at radius 3 is 2.91 bits per heavy atom. The Labute approximate surface area is 140 Å². The van der Waals surface area contributed by atoms with E-state index in [0.29, 0.717) is 49.4 Å². The molecule has 7 heteroatoms. The lowest BCUT2D eigenvalue weighted by Gasteiger charge is -2.27. The second kappa shape index (κ2) is 7.86. The predicted octanol–water partition coefficient (Wildman–Crippen LogP) is 2.76. The van der Waals surface area contributed by atoms with Crippen LogP contribution in [0.4, 0.5) is 10.5 Å². The third kappa shape index (κ3) is 4.50. The normalized spacial score (nSPS) is 21.3. The number of amides is 2. The summed E-state index contributed by atoms with van der Waals surface area (Å²) in [5.74, 6) is 0.603. The maximum atomic E-state index is 12.3. The Kier molecular flexibility index (Phi) is 5.59. The number of ether oxygens (including phenoxy) is 3. The van der Waals surface area contributed by atoms with Gasteiger partial charge in [-0.3, -0.25) is 0 Å². The van der Waals surface area contributed by atoms with E-state index < -0.39 is 0 Å². The van der Waals surface area contributed by atoms with Gasteiger partial charge in [-0.1, -0.05) is 11.6 Å². The van der Waals surface area contributed by atoms with Gasteiger partial charge in [-0.2, -0.15) is 0 Å². The van der Waals surface area contributed by atoms with E-state index in [2.05, 4.69) is 5.32 Å². The molecule has 1 aromatic rings. The van der Waals surface area contributed by atoms with Gasteiger partial charge in [0.15, 0.2) is 0 Å². The highest BCUT2D eigenvalue weighted by Crippen LogP contribution is 2.29. The largest absolute Gasteiger partial charge is 0.489 e. The first-order valence-corrected chi connectivity index (χ1v) is 8.28. The van der Waals surface area contributed by atoms with Crippen LogP contribution in [0, 0.1) is 0 Å². The molecular formula is C16H21ClN2O4. The molecule has 0 aromatic heterocycles. The summed E-state index contributed by atoms with van der Waals surface area (Å²) in [5.41, 5.74) is 0.576. The monoisotopic (exact) mass is 340 g/mol. The average Bonchev–Trinajstić information content (AvgIpc) is 3.08. The Morgan fingerprint density at radius 1 is 1.35 bits per heavy atom. The fourth-order valence-electron chi connectivity index (χ4n) is 2.64. The number of morpholine rings is 1. The maximum Gasteiger partial charge on any atom is 0.322 e. The Morgan fingerprint density at radius 2 is 2.17 bits per heavy atom. The first-order valence-electron chi connectivity index (χ1n) is 7.90. The Balaban J connectivity index is 1.64. The fourth-order valence-corrected chi connectivity index (χ4v) is 2.82. The summed E-state index contributed by atoms with van der Waals surface area (Å²) in [4.78, 5) is 14.0. The zero-order valence-electron chi connectivity index (χ0n) is 12.9. The van der Waals surface area contributed by atoms with Crippen LogP contribution in [0.15, 0.2) is 18.2 Å². The Hall–Kier alpha value is -1.50. The van der Waals surface area contributed by atoms with Crippen LogP contribution in [-0.4, -0.2) is 56.6 Å². The van der Waals surface area contributed by atoms with Crippen molar-refractivity contribution in [3.05, 3.63) is 23.2 Å². The number of hydrogen-bond donors (Lipinski definition) is 1. The number of anilines is 1. The van der Waals surface area contributed by atoms with E-state index in [9.17, 15) is 4.79 Å². The van der Waals surface area contributed by atoms with Gasteiger partial charge in [0.2, 0.25) is 0 Å². The zero-order valence-corrected chi connectivity index (χ0v) is 13.7. The third-order valence-corrected chi connectivity index (χ3v) is 4.17. The fraction of sp³-hybridized carbons (Fsp3) is 0.562. The van der Waals surface area contributed by atoms with Crippen molar-refractivity contribution in [2.75, 3.05) is 44.8 Å². The average molecular weight is 341 g/mol. The predicted molar refractivity (Wildman–Crippen MR) is 87.3 cm³/mol.